The average Bonchev–Trinajstić information content (AvgIpc) is 3.43. The zero-order valence-electron chi connectivity index (χ0n) is 22.9. The molecule has 198 valence electrons. The van der Waals surface area contributed by atoms with Crippen molar-refractivity contribution in [3.8, 4) is 22.3 Å². The van der Waals surface area contributed by atoms with Crippen LogP contribution in [0.15, 0.2) is 168 Å². The summed E-state index contributed by atoms with van der Waals surface area (Å²) in [5.74, 6) is 0. The van der Waals surface area contributed by atoms with Gasteiger partial charge in [0.15, 0.2) is 5.58 Å². The average molecular weight is 538 g/mol. The monoisotopic (exact) mass is 537 g/mol. The standard InChI is InChI=1S/C40H27NO/c1-3-11-28(12-4-1)30-15-9-16-31(25-30)29-21-23-35(24-22-29)41(34-17-5-2-6-18-34)38-20-10-19-36-37-26-32-13-7-8-14-33(32)27-39(37)42-40(36)38/h1-27H. The van der Waals surface area contributed by atoms with E-state index in [9.17, 15) is 0 Å². The maximum Gasteiger partial charge on any atom is 0.159 e. The molecule has 0 saturated carbocycles. The minimum absolute atomic E-state index is 0.881. The molecule has 0 amide bonds. The van der Waals surface area contributed by atoms with Crippen LogP contribution in [0.25, 0.3) is 55.0 Å². The molecule has 0 bridgehead atoms. The maximum absolute atomic E-state index is 6.62. The van der Waals surface area contributed by atoms with Crippen LogP contribution in [0.5, 0.6) is 0 Å². The Labute approximate surface area is 244 Å². The van der Waals surface area contributed by atoms with E-state index >= 15 is 0 Å². The van der Waals surface area contributed by atoms with Gasteiger partial charge < -0.3 is 9.32 Å². The van der Waals surface area contributed by atoms with Crippen LogP contribution >= 0.6 is 0 Å². The Balaban J connectivity index is 1.25. The number of hydrogen-bond donors (Lipinski definition) is 0. The van der Waals surface area contributed by atoms with Crippen LogP contribution in [0.4, 0.5) is 17.1 Å². The van der Waals surface area contributed by atoms with Gasteiger partial charge >= 0.3 is 0 Å². The van der Waals surface area contributed by atoms with Crippen molar-refractivity contribution in [3.63, 3.8) is 0 Å². The molecule has 0 spiro atoms. The van der Waals surface area contributed by atoms with Crippen LogP contribution in [0.2, 0.25) is 0 Å². The molecule has 0 aliphatic rings. The second-order valence-electron chi connectivity index (χ2n) is 10.6. The number of rotatable bonds is 5. The summed E-state index contributed by atoms with van der Waals surface area (Å²) in [6, 6.07) is 57.9. The largest absolute Gasteiger partial charge is 0.454 e. The predicted octanol–water partition coefficient (Wildman–Crippen LogP) is 11.5. The Morgan fingerprint density at radius 3 is 1.69 bits per heavy atom. The van der Waals surface area contributed by atoms with Crippen molar-refractivity contribution in [2.45, 2.75) is 0 Å². The van der Waals surface area contributed by atoms with Crippen molar-refractivity contribution < 1.29 is 4.42 Å². The van der Waals surface area contributed by atoms with Gasteiger partial charge in [0.2, 0.25) is 0 Å². The first-order chi connectivity index (χ1) is 20.8. The molecular formula is C40H27NO. The van der Waals surface area contributed by atoms with Crippen LogP contribution in [-0.4, -0.2) is 0 Å². The molecule has 2 nitrogen and oxygen atoms in total. The molecule has 0 fully saturated rings. The predicted molar refractivity (Wildman–Crippen MR) is 177 cm³/mol. The van der Waals surface area contributed by atoms with E-state index in [1.54, 1.807) is 0 Å². The molecule has 0 saturated heterocycles. The number of para-hydroxylation sites is 2. The Kier molecular flexibility index (Phi) is 5.82. The maximum atomic E-state index is 6.62. The lowest BCUT2D eigenvalue weighted by Gasteiger charge is -2.25. The van der Waals surface area contributed by atoms with Gasteiger partial charge in [0.25, 0.3) is 0 Å². The summed E-state index contributed by atoms with van der Waals surface area (Å²) in [6.45, 7) is 0. The minimum atomic E-state index is 0.881. The summed E-state index contributed by atoms with van der Waals surface area (Å²) in [7, 11) is 0. The number of benzene rings is 7. The van der Waals surface area contributed by atoms with E-state index in [1.165, 1.54) is 33.0 Å². The van der Waals surface area contributed by atoms with Gasteiger partial charge in [0, 0.05) is 22.1 Å². The second kappa shape index (κ2) is 10.1. The lowest BCUT2D eigenvalue weighted by molar-refractivity contribution is 0.669. The highest BCUT2D eigenvalue weighted by Gasteiger charge is 2.19. The van der Waals surface area contributed by atoms with E-state index in [2.05, 4.69) is 169 Å². The molecule has 1 heterocycles. The summed E-state index contributed by atoms with van der Waals surface area (Å²) in [4.78, 5) is 2.29. The molecule has 0 aliphatic heterocycles. The van der Waals surface area contributed by atoms with Gasteiger partial charge in [-0.15, -0.1) is 0 Å². The lowest BCUT2D eigenvalue weighted by atomic mass is 9.99. The van der Waals surface area contributed by atoms with Crippen LogP contribution in [0.3, 0.4) is 0 Å². The van der Waals surface area contributed by atoms with Crippen LogP contribution in [0, 0.1) is 0 Å². The second-order valence-corrected chi connectivity index (χ2v) is 10.6. The Morgan fingerprint density at radius 2 is 0.952 bits per heavy atom. The van der Waals surface area contributed by atoms with E-state index in [4.69, 9.17) is 4.42 Å². The SMILES string of the molecule is c1ccc(-c2cccc(-c3ccc(N(c4ccccc4)c4cccc5c4oc4cc6ccccc6cc45)cc3)c2)cc1. The molecule has 42 heavy (non-hydrogen) atoms. The fourth-order valence-electron chi connectivity index (χ4n) is 5.96. The van der Waals surface area contributed by atoms with Crippen molar-refractivity contribution in [2.75, 3.05) is 4.90 Å². The summed E-state index contributed by atoms with van der Waals surface area (Å²) in [5, 5.41) is 4.64. The molecule has 0 aliphatic carbocycles. The van der Waals surface area contributed by atoms with Crippen molar-refractivity contribution in [1.82, 2.24) is 0 Å². The fourth-order valence-corrected chi connectivity index (χ4v) is 5.96. The van der Waals surface area contributed by atoms with Gasteiger partial charge in [-0.1, -0.05) is 115 Å². The molecule has 2 heteroatoms. The van der Waals surface area contributed by atoms with E-state index in [1.807, 2.05) is 0 Å². The fraction of sp³-hybridized carbons (Fsp3) is 0. The van der Waals surface area contributed by atoms with Gasteiger partial charge in [0.05, 0.1) is 5.69 Å². The zero-order valence-corrected chi connectivity index (χ0v) is 22.9. The number of fused-ring (bicyclic) bond motifs is 4. The molecule has 7 aromatic carbocycles. The highest BCUT2D eigenvalue weighted by molar-refractivity contribution is 6.13. The molecule has 8 rings (SSSR count). The molecule has 8 aromatic rings. The summed E-state index contributed by atoms with van der Waals surface area (Å²) < 4.78 is 6.62. The quantitative estimate of drug-likeness (QED) is 0.217. The molecular weight excluding hydrogens is 510 g/mol. The van der Waals surface area contributed by atoms with Crippen molar-refractivity contribution >= 4 is 49.8 Å². The van der Waals surface area contributed by atoms with Gasteiger partial charge in [-0.3, -0.25) is 0 Å². The van der Waals surface area contributed by atoms with Crippen LogP contribution in [-0.2, 0) is 0 Å². The highest BCUT2D eigenvalue weighted by atomic mass is 16.3. The summed E-state index contributed by atoms with van der Waals surface area (Å²) >= 11 is 0. The Bertz CT molecular complexity index is 2180. The third-order valence-corrected chi connectivity index (χ3v) is 8.03. The summed E-state index contributed by atoms with van der Waals surface area (Å²) in [6.07, 6.45) is 0. The van der Waals surface area contributed by atoms with Crippen molar-refractivity contribution in [1.29, 1.82) is 0 Å². The topological polar surface area (TPSA) is 16.4 Å². The van der Waals surface area contributed by atoms with Crippen molar-refractivity contribution in [3.05, 3.63) is 164 Å². The van der Waals surface area contributed by atoms with E-state index in [-0.39, 0.29) is 0 Å². The number of furan rings is 1. The van der Waals surface area contributed by atoms with Gasteiger partial charge in [-0.2, -0.15) is 0 Å². The first-order valence-electron chi connectivity index (χ1n) is 14.3. The van der Waals surface area contributed by atoms with E-state index in [0.717, 1.165) is 39.0 Å². The van der Waals surface area contributed by atoms with Crippen molar-refractivity contribution in [2.24, 2.45) is 0 Å². The number of hydrogen-bond acceptors (Lipinski definition) is 2. The Morgan fingerprint density at radius 1 is 0.381 bits per heavy atom. The first kappa shape index (κ1) is 24.2. The lowest BCUT2D eigenvalue weighted by Crippen LogP contribution is -2.10. The third kappa shape index (κ3) is 4.22. The van der Waals surface area contributed by atoms with Crippen LogP contribution < -0.4 is 4.90 Å². The molecule has 0 unspecified atom stereocenters. The number of nitrogens with zero attached hydrogens (tertiary/aromatic N) is 1. The third-order valence-electron chi connectivity index (χ3n) is 8.03. The summed E-state index contributed by atoms with van der Waals surface area (Å²) in [5.41, 5.74) is 9.75. The van der Waals surface area contributed by atoms with Gasteiger partial charge in [0.1, 0.15) is 5.58 Å². The minimum Gasteiger partial charge on any atom is -0.454 e. The molecule has 0 N–H and O–H groups in total. The smallest absolute Gasteiger partial charge is 0.159 e. The Hall–Kier alpha value is -5.60. The molecule has 1 aromatic heterocycles. The normalized spacial score (nSPS) is 11.3. The van der Waals surface area contributed by atoms with E-state index in [0.29, 0.717) is 0 Å². The van der Waals surface area contributed by atoms with E-state index < -0.39 is 0 Å². The molecule has 0 radical (unpaired) electrons. The van der Waals surface area contributed by atoms with Gasteiger partial charge in [-0.25, -0.2) is 0 Å². The first-order valence-corrected chi connectivity index (χ1v) is 14.3. The van der Waals surface area contributed by atoms with Gasteiger partial charge in [-0.05, 0) is 81.6 Å². The zero-order chi connectivity index (χ0) is 27.9. The van der Waals surface area contributed by atoms with Crippen LogP contribution in [0.1, 0.15) is 0 Å². The highest BCUT2D eigenvalue weighted by Crippen LogP contribution is 2.43. The molecule has 0 atom stereocenters. The number of anilines is 3.